The molecule has 4 rings (SSSR count). The van der Waals surface area contributed by atoms with Gasteiger partial charge in [-0.25, -0.2) is 18.7 Å². The third kappa shape index (κ3) is 5.25. The van der Waals surface area contributed by atoms with Crippen LogP contribution in [0.4, 0.5) is 24.8 Å². The van der Waals surface area contributed by atoms with Crippen LogP contribution in [0.25, 0.3) is 0 Å². The van der Waals surface area contributed by atoms with Gasteiger partial charge in [-0.2, -0.15) is 4.39 Å². The highest BCUT2D eigenvalue weighted by Crippen LogP contribution is 2.67. The Morgan fingerprint density at radius 1 is 1.32 bits per heavy atom. The molecule has 1 saturated heterocycles. The fourth-order valence-corrected chi connectivity index (χ4v) is 5.59. The van der Waals surface area contributed by atoms with Gasteiger partial charge in [-0.05, 0) is 51.5 Å². The van der Waals surface area contributed by atoms with Crippen molar-refractivity contribution in [1.82, 2.24) is 14.9 Å². The molecule has 3 aliphatic rings. The number of anilines is 2. The van der Waals surface area contributed by atoms with Crippen LogP contribution in [0.2, 0.25) is 0 Å². The number of rotatable bonds is 9. The maximum atomic E-state index is 15.3. The number of nitrogens with one attached hydrogen (secondary N) is 1. The molecule has 3 fully saturated rings. The molecule has 190 valence electrons. The largest absolute Gasteiger partial charge is 0.391 e. The normalized spacial score (nSPS) is 30.8. The van der Waals surface area contributed by atoms with Crippen molar-refractivity contribution in [2.75, 3.05) is 49.5 Å². The molecule has 0 bridgehead atoms. The van der Waals surface area contributed by atoms with Crippen molar-refractivity contribution >= 4 is 17.5 Å². The van der Waals surface area contributed by atoms with Gasteiger partial charge in [0.05, 0.1) is 12.6 Å². The van der Waals surface area contributed by atoms with Gasteiger partial charge in [-0.15, -0.1) is 0 Å². The maximum Gasteiger partial charge on any atom is 0.254 e. The van der Waals surface area contributed by atoms with E-state index in [0.29, 0.717) is 52.0 Å². The lowest BCUT2D eigenvalue weighted by Crippen LogP contribution is -2.48. The molecule has 0 radical (unpaired) electrons. The summed E-state index contributed by atoms with van der Waals surface area (Å²) in [5, 5.41) is 13.4. The number of amides is 1. The van der Waals surface area contributed by atoms with E-state index in [0.717, 1.165) is 12.8 Å². The van der Waals surface area contributed by atoms with Gasteiger partial charge < -0.3 is 21.1 Å². The summed E-state index contributed by atoms with van der Waals surface area (Å²) in [7, 11) is 0. The van der Waals surface area contributed by atoms with Crippen LogP contribution in [0.1, 0.15) is 45.4 Å². The summed E-state index contributed by atoms with van der Waals surface area (Å²) in [6.07, 6.45) is 3.81. The minimum absolute atomic E-state index is 0.0125. The molecule has 0 aromatic carbocycles. The van der Waals surface area contributed by atoms with E-state index in [-0.39, 0.29) is 36.4 Å². The van der Waals surface area contributed by atoms with E-state index in [1.165, 1.54) is 6.33 Å². The maximum absolute atomic E-state index is 15.3. The SMILES string of the molecule is CCN(CC1CCC2(CC1)CC2(F)F)c1ncnc(NC[C@@H]2CCN(CC(N)=O)C[C@H]2O)c1F. The molecule has 1 spiro atoms. The first-order chi connectivity index (χ1) is 16.1. The zero-order chi connectivity index (χ0) is 24.5. The first-order valence-electron chi connectivity index (χ1n) is 12.2. The molecule has 1 aliphatic heterocycles. The second-order valence-corrected chi connectivity index (χ2v) is 10.2. The van der Waals surface area contributed by atoms with Crippen molar-refractivity contribution < 1.29 is 23.1 Å². The molecule has 1 amide bonds. The predicted molar refractivity (Wildman–Crippen MR) is 122 cm³/mol. The third-order valence-corrected chi connectivity index (χ3v) is 7.92. The van der Waals surface area contributed by atoms with Crippen molar-refractivity contribution in [1.29, 1.82) is 0 Å². The number of alkyl halides is 2. The molecule has 2 saturated carbocycles. The lowest BCUT2D eigenvalue weighted by atomic mass is 9.79. The summed E-state index contributed by atoms with van der Waals surface area (Å²) in [5.41, 5.74) is 4.45. The number of carbonyl (C=O) groups excluding carboxylic acids is 1. The molecule has 2 atom stereocenters. The van der Waals surface area contributed by atoms with Crippen LogP contribution >= 0.6 is 0 Å². The van der Waals surface area contributed by atoms with Crippen molar-refractivity contribution in [3.8, 4) is 0 Å². The minimum Gasteiger partial charge on any atom is -0.391 e. The highest BCUT2D eigenvalue weighted by molar-refractivity contribution is 5.75. The molecule has 4 N–H and O–H groups in total. The van der Waals surface area contributed by atoms with E-state index in [4.69, 9.17) is 5.73 Å². The predicted octanol–water partition coefficient (Wildman–Crippen LogP) is 2.24. The Labute approximate surface area is 198 Å². The van der Waals surface area contributed by atoms with E-state index in [1.807, 2.05) is 16.7 Å². The van der Waals surface area contributed by atoms with Crippen LogP contribution in [0.5, 0.6) is 0 Å². The first-order valence-corrected chi connectivity index (χ1v) is 12.2. The summed E-state index contributed by atoms with van der Waals surface area (Å²) in [5.74, 6) is -3.09. The standard InChI is InChI=1S/C23H35F3N6O2/c1-2-32(10-15-3-6-22(7-4-15)13-23(22,25)26)21-19(24)20(29-14-30-21)28-9-16-5-8-31(11-17(16)33)12-18(27)34/h14-17,33H,2-13H2,1H3,(H2,27,34)(H,28,29,30)/t15?,16-,17+,22?/m0/s1. The summed E-state index contributed by atoms with van der Waals surface area (Å²) >= 11 is 0. The summed E-state index contributed by atoms with van der Waals surface area (Å²) in [6.45, 7) is 4.45. The smallest absolute Gasteiger partial charge is 0.254 e. The number of nitrogens with zero attached hydrogens (tertiary/aromatic N) is 4. The molecular weight excluding hydrogens is 449 g/mol. The fraction of sp³-hybridized carbons (Fsp3) is 0.783. The molecule has 8 nitrogen and oxygen atoms in total. The lowest BCUT2D eigenvalue weighted by molar-refractivity contribution is -0.120. The quantitative estimate of drug-likeness (QED) is 0.493. The number of aliphatic hydroxyl groups is 1. The zero-order valence-electron chi connectivity index (χ0n) is 19.7. The summed E-state index contributed by atoms with van der Waals surface area (Å²) < 4.78 is 42.6. The Morgan fingerprint density at radius 2 is 2.03 bits per heavy atom. The number of aliphatic hydroxyl groups excluding tert-OH is 1. The monoisotopic (exact) mass is 484 g/mol. The zero-order valence-corrected chi connectivity index (χ0v) is 19.7. The Balaban J connectivity index is 1.32. The fourth-order valence-electron chi connectivity index (χ4n) is 5.59. The van der Waals surface area contributed by atoms with E-state index in [2.05, 4.69) is 15.3 Å². The molecule has 2 heterocycles. The van der Waals surface area contributed by atoms with E-state index in [1.54, 1.807) is 0 Å². The van der Waals surface area contributed by atoms with Crippen LogP contribution in [-0.2, 0) is 4.79 Å². The van der Waals surface area contributed by atoms with Crippen molar-refractivity contribution in [3.05, 3.63) is 12.1 Å². The van der Waals surface area contributed by atoms with Crippen LogP contribution in [0, 0.1) is 23.1 Å². The third-order valence-electron chi connectivity index (χ3n) is 7.92. The molecule has 1 aromatic rings. The van der Waals surface area contributed by atoms with Crippen molar-refractivity contribution in [2.45, 2.75) is 57.5 Å². The Morgan fingerprint density at radius 3 is 2.62 bits per heavy atom. The Kier molecular flexibility index (Phi) is 7.23. The van der Waals surface area contributed by atoms with Gasteiger partial charge in [-0.1, -0.05) is 0 Å². The number of likely N-dealkylation sites (tertiary alicyclic amines) is 1. The number of piperidine rings is 1. The van der Waals surface area contributed by atoms with Crippen LogP contribution in [0.3, 0.4) is 0 Å². The summed E-state index contributed by atoms with van der Waals surface area (Å²) in [6, 6.07) is 0. The van der Waals surface area contributed by atoms with Crippen molar-refractivity contribution in [2.24, 2.45) is 23.0 Å². The minimum atomic E-state index is -2.51. The average molecular weight is 485 g/mol. The number of nitrogens with two attached hydrogens (primary N) is 1. The average Bonchev–Trinajstić information content (AvgIpc) is 3.32. The number of hydrogen-bond donors (Lipinski definition) is 3. The van der Waals surface area contributed by atoms with E-state index >= 15 is 4.39 Å². The molecular formula is C23H35F3N6O2. The van der Waals surface area contributed by atoms with Gasteiger partial charge in [0, 0.05) is 43.9 Å². The van der Waals surface area contributed by atoms with Gasteiger partial charge in [0.25, 0.3) is 5.92 Å². The van der Waals surface area contributed by atoms with Gasteiger partial charge >= 0.3 is 0 Å². The van der Waals surface area contributed by atoms with Crippen LogP contribution in [-0.4, -0.2) is 77.2 Å². The van der Waals surface area contributed by atoms with E-state index in [9.17, 15) is 18.7 Å². The number of hydrogen-bond acceptors (Lipinski definition) is 7. The van der Waals surface area contributed by atoms with Gasteiger partial charge in [0.2, 0.25) is 11.7 Å². The van der Waals surface area contributed by atoms with E-state index < -0.39 is 29.2 Å². The topological polar surface area (TPSA) is 108 Å². The first kappa shape index (κ1) is 25.0. The Bertz CT molecular complexity index is 880. The second kappa shape index (κ2) is 9.85. The number of β-amino-alcohol motifs (C(OH)–C–C–N with tert-alkyl or cyclic N) is 1. The van der Waals surface area contributed by atoms with Gasteiger partial charge in [-0.3, -0.25) is 9.69 Å². The number of primary amides is 1. The molecule has 11 heteroatoms. The number of aromatic nitrogens is 2. The molecule has 1 aromatic heterocycles. The van der Waals surface area contributed by atoms with Gasteiger partial charge in [0.1, 0.15) is 6.33 Å². The highest BCUT2D eigenvalue weighted by atomic mass is 19.3. The molecule has 0 unspecified atom stereocenters. The van der Waals surface area contributed by atoms with Crippen LogP contribution in [0.15, 0.2) is 6.33 Å². The lowest BCUT2D eigenvalue weighted by Gasteiger charge is -2.35. The molecule has 2 aliphatic carbocycles. The molecule has 34 heavy (non-hydrogen) atoms. The van der Waals surface area contributed by atoms with Gasteiger partial charge in [0.15, 0.2) is 11.6 Å². The van der Waals surface area contributed by atoms with Crippen molar-refractivity contribution in [3.63, 3.8) is 0 Å². The summed E-state index contributed by atoms with van der Waals surface area (Å²) in [4.78, 5) is 23.0. The number of halogens is 3. The second-order valence-electron chi connectivity index (χ2n) is 10.2. The highest BCUT2D eigenvalue weighted by Gasteiger charge is 2.70. The van der Waals surface area contributed by atoms with Crippen LogP contribution < -0.4 is 16.0 Å². The Hall–Kier alpha value is -2.14. The number of carbonyl (C=O) groups is 1.